The number of nitrogens with two attached hydrogens (primary N) is 1. The van der Waals surface area contributed by atoms with Crippen molar-refractivity contribution in [2.45, 2.75) is 39.0 Å². The lowest BCUT2D eigenvalue weighted by Crippen LogP contribution is -2.47. The molecule has 1 aliphatic heterocycles. The number of amides is 4. The first kappa shape index (κ1) is 36.7. The van der Waals surface area contributed by atoms with Crippen molar-refractivity contribution in [3.8, 4) is 11.5 Å². The molecule has 51 heavy (non-hydrogen) atoms. The number of nitrogen functional groups attached to an aromatic ring is 1. The Balaban J connectivity index is 1.28. The minimum Gasteiger partial charge on any atom is -0.497 e. The fraction of sp³-hybridized carbons (Fsp3) is 0.308. The Morgan fingerprint density at radius 3 is 2.37 bits per heavy atom. The molecule has 6 N–H and O–H groups in total. The molecule has 12 heteroatoms. The summed E-state index contributed by atoms with van der Waals surface area (Å²) in [5.74, 6) is 0.772. The van der Waals surface area contributed by atoms with Crippen molar-refractivity contribution in [2.75, 3.05) is 55.5 Å². The summed E-state index contributed by atoms with van der Waals surface area (Å²) >= 11 is 0. The number of para-hydroxylation sites is 2. The van der Waals surface area contributed by atoms with Crippen molar-refractivity contribution in [2.24, 2.45) is 5.92 Å². The molecule has 4 aromatic carbocycles. The third-order valence-electron chi connectivity index (χ3n) is 8.89. The number of carbonyl (C=O) groups is 3. The molecule has 4 aromatic rings. The second kappa shape index (κ2) is 16.9. The van der Waals surface area contributed by atoms with Crippen LogP contribution in [0.15, 0.2) is 91.0 Å². The molecule has 0 saturated heterocycles. The Hall–Kier alpha value is -5.59. The zero-order valence-electron chi connectivity index (χ0n) is 29.4. The van der Waals surface area contributed by atoms with Gasteiger partial charge in [0.2, 0.25) is 5.91 Å². The van der Waals surface area contributed by atoms with Gasteiger partial charge in [-0.05, 0) is 86.3 Å². The molecule has 0 fully saturated rings. The number of carbonyl (C=O) groups excluding carboxylic acids is 3. The molecule has 12 nitrogen and oxygen atoms in total. The summed E-state index contributed by atoms with van der Waals surface area (Å²) in [5.41, 5.74) is 10.3. The summed E-state index contributed by atoms with van der Waals surface area (Å²) in [5, 5.41) is 18.5. The number of urea groups is 1. The van der Waals surface area contributed by atoms with Crippen LogP contribution in [0.25, 0.3) is 0 Å². The average Bonchev–Trinajstić information content (AvgIpc) is 3.16. The van der Waals surface area contributed by atoms with Crippen molar-refractivity contribution in [3.05, 3.63) is 108 Å². The summed E-state index contributed by atoms with van der Waals surface area (Å²) in [6.07, 6.45) is -0.270. The van der Waals surface area contributed by atoms with E-state index < -0.39 is 6.03 Å². The van der Waals surface area contributed by atoms with Gasteiger partial charge in [0.1, 0.15) is 17.6 Å². The largest absolute Gasteiger partial charge is 0.497 e. The summed E-state index contributed by atoms with van der Waals surface area (Å²) in [6, 6.07) is 26.0. The van der Waals surface area contributed by atoms with Gasteiger partial charge in [-0.2, -0.15) is 0 Å². The van der Waals surface area contributed by atoms with E-state index in [1.807, 2.05) is 45.2 Å². The highest BCUT2D eigenvalue weighted by Gasteiger charge is 2.31. The molecule has 0 spiro atoms. The molecule has 0 radical (unpaired) electrons. The molecule has 5 rings (SSSR count). The quantitative estimate of drug-likeness (QED) is 0.130. The van der Waals surface area contributed by atoms with Crippen LogP contribution in [0.1, 0.15) is 35.3 Å². The van der Waals surface area contributed by atoms with Crippen LogP contribution >= 0.6 is 0 Å². The van der Waals surface area contributed by atoms with E-state index in [1.54, 1.807) is 78.7 Å². The van der Waals surface area contributed by atoms with Gasteiger partial charge in [-0.15, -0.1) is 0 Å². The van der Waals surface area contributed by atoms with Gasteiger partial charge in [-0.1, -0.05) is 31.2 Å². The van der Waals surface area contributed by atoms with Gasteiger partial charge in [-0.25, -0.2) is 4.79 Å². The van der Waals surface area contributed by atoms with Crippen LogP contribution in [0.3, 0.4) is 0 Å². The molecule has 4 amide bonds. The van der Waals surface area contributed by atoms with Gasteiger partial charge in [0.05, 0.1) is 37.6 Å². The Bertz CT molecular complexity index is 1820. The third kappa shape index (κ3) is 9.77. The number of benzene rings is 4. The van der Waals surface area contributed by atoms with Crippen LogP contribution in [-0.2, 0) is 17.8 Å². The predicted octanol–water partition coefficient (Wildman–Crippen LogP) is 5.45. The molecule has 1 aliphatic rings. The first-order chi connectivity index (χ1) is 24.5. The van der Waals surface area contributed by atoms with Gasteiger partial charge in [0.15, 0.2) is 0 Å². The average molecular weight is 695 g/mol. The molecule has 268 valence electrons. The van der Waals surface area contributed by atoms with Crippen LogP contribution < -0.4 is 31.2 Å². The van der Waals surface area contributed by atoms with Gasteiger partial charge < -0.3 is 41.2 Å². The molecule has 0 saturated carbocycles. The minimum absolute atomic E-state index is 0.0430. The van der Waals surface area contributed by atoms with Crippen LogP contribution in [0.4, 0.5) is 27.5 Å². The van der Waals surface area contributed by atoms with Crippen molar-refractivity contribution in [1.82, 2.24) is 9.80 Å². The summed E-state index contributed by atoms with van der Waals surface area (Å²) < 4.78 is 11.8. The van der Waals surface area contributed by atoms with Crippen LogP contribution in [0, 0.1) is 5.92 Å². The van der Waals surface area contributed by atoms with Gasteiger partial charge in [0.25, 0.3) is 5.91 Å². The fourth-order valence-corrected chi connectivity index (χ4v) is 5.94. The van der Waals surface area contributed by atoms with Gasteiger partial charge >= 0.3 is 6.03 Å². The number of nitrogens with one attached hydrogen (secondary N) is 3. The fourth-order valence-electron chi connectivity index (χ4n) is 5.94. The smallest absolute Gasteiger partial charge is 0.323 e. The van der Waals surface area contributed by atoms with Crippen molar-refractivity contribution >= 4 is 40.6 Å². The Labute approximate surface area is 298 Å². The zero-order chi connectivity index (χ0) is 36.5. The second-order valence-electron chi connectivity index (χ2n) is 13.0. The van der Waals surface area contributed by atoms with Crippen LogP contribution in [0.2, 0.25) is 0 Å². The summed E-state index contributed by atoms with van der Waals surface area (Å²) in [4.78, 5) is 43.1. The van der Waals surface area contributed by atoms with E-state index in [0.29, 0.717) is 65.0 Å². The number of aliphatic hydroxyl groups is 1. The number of hydrogen-bond acceptors (Lipinski definition) is 8. The van der Waals surface area contributed by atoms with E-state index >= 15 is 0 Å². The second-order valence-corrected chi connectivity index (χ2v) is 13.0. The molecule has 0 unspecified atom stereocenters. The highest BCUT2D eigenvalue weighted by Crippen LogP contribution is 2.30. The van der Waals surface area contributed by atoms with Crippen molar-refractivity contribution < 1.29 is 29.0 Å². The standard InChI is InChI=1S/C39H46N6O6/c1-25-21-45(26(2)24-46)37(47)20-29-19-31(42-39(49)41-30-13-16-32(50-4)17-14-30)15-18-35(29)51-36(25)23-44(3)22-27-9-11-28(12-10-27)38(48)43-34-8-6-5-7-33(34)40/h5-19,25-26,36,46H,20-24,40H2,1-4H3,(H,43,48)(H2,41,42,49)/t25-,26-,36+/m1/s1. The zero-order valence-corrected chi connectivity index (χ0v) is 29.4. The number of aliphatic hydroxyl groups excluding tert-OH is 1. The van der Waals surface area contributed by atoms with E-state index in [-0.39, 0.29) is 42.9 Å². The molecule has 3 atom stereocenters. The molecule has 0 aliphatic carbocycles. The number of rotatable bonds is 11. The van der Waals surface area contributed by atoms with Crippen molar-refractivity contribution in [1.29, 1.82) is 0 Å². The van der Waals surface area contributed by atoms with E-state index in [2.05, 4.69) is 20.9 Å². The maximum Gasteiger partial charge on any atom is 0.323 e. The first-order valence-corrected chi connectivity index (χ1v) is 16.9. The first-order valence-electron chi connectivity index (χ1n) is 16.9. The minimum atomic E-state index is -0.436. The maximum absolute atomic E-state index is 13.6. The van der Waals surface area contributed by atoms with E-state index in [1.165, 1.54) is 0 Å². The molecule has 0 bridgehead atoms. The number of nitrogens with zero attached hydrogens (tertiary/aromatic N) is 2. The lowest BCUT2D eigenvalue weighted by atomic mass is 10.0. The van der Waals surface area contributed by atoms with E-state index in [0.717, 1.165) is 5.56 Å². The highest BCUT2D eigenvalue weighted by molar-refractivity contribution is 6.05. The van der Waals surface area contributed by atoms with Crippen molar-refractivity contribution in [3.63, 3.8) is 0 Å². The molecular weight excluding hydrogens is 648 g/mol. The Morgan fingerprint density at radius 2 is 1.69 bits per heavy atom. The summed E-state index contributed by atoms with van der Waals surface area (Å²) in [6.45, 7) is 5.23. The third-order valence-corrected chi connectivity index (χ3v) is 8.89. The van der Waals surface area contributed by atoms with Gasteiger partial charge in [-0.3, -0.25) is 14.5 Å². The molecule has 1 heterocycles. The number of likely N-dealkylation sites (N-methyl/N-ethyl adjacent to an activating group) is 1. The topological polar surface area (TPSA) is 158 Å². The lowest BCUT2D eigenvalue weighted by Gasteiger charge is -2.34. The van der Waals surface area contributed by atoms with E-state index in [4.69, 9.17) is 15.2 Å². The predicted molar refractivity (Wildman–Crippen MR) is 199 cm³/mol. The Morgan fingerprint density at radius 1 is 1.00 bits per heavy atom. The highest BCUT2D eigenvalue weighted by atomic mass is 16.5. The number of anilines is 4. The number of hydrogen-bond donors (Lipinski definition) is 5. The maximum atomic E-state index is 13.6. The number of fused-ring (bicyclic) bond motifs is 1. The molecular formula is C39H46N6O6. The number of methoxy groups -OCH3 is 1. The number of ether oxygens (including phenoxy) is 2. The van der Waals surface area contributed by atoms with Crippen LogP contribution in [-0.4, -0.2) is 78.8 Å². The molecule has 0 aromatic heterocycles. The van der Waals surface area contributed by atoms with Gasteiger partial charge in [0, 0.05) is 48.1 Å². The summed E-state index contributed by atoms with van der Waals surface area (Å²) in [7, 11) is 3.57. The SMILES string of the molecule is COc1ccc(NC(=O)Nc2ccc3c(c2)CC(=O)N([C@H](C)CO)C[C@@H](C)[C@H](CN(C)Cc2ccc(C(=O)Nc4ccccc4N)cc2)O3)cc1. The lowest BCUT2D eigenvalue weighted by molar-refractivity contribution is -0.134. The van der Waals surface area contributed by atoms with Crippen LogP contribution in [0.5, 0.6) is 11.5 Å². The Kier molecular flexibility index (Phi) is 12.1. The van der Waals surface area contributed by atoms with E-state index in [9.17, 15) is 19.5 Å². The monoisotopic (exact) mass is 694 g/mol. The normalized spacial score (nSPS) is 16.5.